The third kappa shape index (κ3) is 4.66. The monoisotopic (exact) mass is 263 g/mol. The molecule has 0 amide bonds. The summed E-state index contributed by atoms with van der Waals surface area (Å²) in [4.78, 5) is 1.43. The van der Waals surface area contributed by atoms with Crippen molar-refractivity contribution in [2.45, 2.75) is 56.4 Å². The van der Waals surface area contributed by atoms with Gasteiger partial charge in [-0.1, -0.05) is 43.9 Å². The van der Waals surface area contributed by atoms with Gasteiger partial charge in [0.2, 0.25) is 0 Å². The molecular formula is C16H25NS. The van der Waals surface area contributed by atoms with Gasteiger partial charge in [0.15, 0.2) is 0 Å². The first kappa shape index (κ1) is 14.0. The molecule has 0 spiro atoms. The van der Waals surface area contributed by atoms with Crippen LogP contribution in [0, 0.1) is 6.92 Å². The Labute approximate surface area is 116 Å². The van der Waals surface area contributed by atoms with Gasteiger partial charge in [-0.25, -0.2) is 0 Å². The Balaban J connectivity index is 1.65. The van der Waals surface area contributed by atoms with Crippen LogP contribution in [0.4, 0.5) is 0 Å². The van der Waals surface area contributed by atoms with Crippen LogP contribution in [0.3, 0.4) is 0 Å². The molecule has 1 nitrogen and oxygen atoms in total. The number of hydrogen-bond acceptors (Lipinski definition) is 2. The van der Waals surface area contributed by atoms with Gasteiger partial charge in [-0.3, -0.25) is 0 Å². The maximum absolute atomic E-state index is 3.73. The minimum atomic E-state index is 0.782. The summed E-state index contributed by atoms with van der Waals surface area (Å²) in [5.74, 6) is 1.18. The standard InChI is InChI=1S/C16H25NS/c1-14-8-6-7-11-16(14)18-13-12-17-15-9-4-2-3-5-10-15/h6-8,11,15,17H,2-5,9-10,12-13H2,1H3. The first-order valence-electron chi connectivity index (χ1n) is 7.28. The lowest BCUT2D eigenvalue weighted by Crippen LogP contribution is -2.30. The molecule has 0 atom stereocenters. The summed E-state index contributed by atoms with van der Waals surface area (Å²) >= 11 is 1.98. The summed E-state index contributed by atoms with van der Waals surface area (Å²) in [7, 11) is 0. The molecule has 2 rings (SSSR count). The van der Waals surface area contributed by atoms with Crippen LogP contribution in [0.15, 0.2) is 29.2 Å². The zero-order valence-corrected chi connectivity index (χ0v) is 12.3. The molecule has 1 aromatic rings. The first-order chi connectivity index (χ1) is 8.86. The van der Waals surface area contributed by atoms with Crippen molar-refractivity contribution in [3.63, 3.8) is 0 Å². The van der Waals surface area contributed by atoms with Gasteiger partial charge < -0.3 is 5.32 Å². The Bertz CT molecular complexity index is 343. The second-order valence-electron chi connectivity index (χ2n) is 5.26. The Morgan fingerprint density at radius 1 is 1.11 bits per heavy atom. The molecule has 100 valence electrons. The van der Waals surface area contributed by atoms with E-state index >= 15 is 0 Å². The van der Waals surface area contributed by atoms with Gasteiger partial charge in [-0.15, -0.1) is 11.8 Å². The molecule has 0 saturated heterocycles. The molecule has 1 fully saturated rings. The number of benzene rings is 1. The van der Waals surface area contributed by atoms with Crippen LogP contribution in [-0.4, -0.2) is 18.3 Å². The highest BCUT2D eigenvalue weighted by atomic mass is 32.2. The van der Waals surface area contributed by atoms with Crippen LogP contribution in [0.5, 0.6) is 0 Å². The fraction of sp³-hybridized carbons (Fsp3) is 0.625. The number of rotatable bonds is 5. The van der Waals surface area contributed by atoms with E-state index in [1.807, 2.05) is 11.8 Å². The van der Waals surface area contributed by atoms with Gasteiger partial charge in [0, 0.05) is 23.2 Å². The molecule has 1 aromatic carbocycles. The second-order valence-corrected chi connectivity index (χ2v) is 6.39. The van der Waals surface area contributed by atoms with Crippen LogP contribution in [0.25, 0.3) is 0 Å². The lowest BCUT2D eigenvalue weighted by Gasteiger charge is -2.16. The van der Waals surface area contributed by atoms with Crippen molar-refractivity contribution < 1.29 is 0 Å². The Morgan fingerprint density at radius 2 is 1.83 bits per heavy atom. The van der Waals surface area contributed by atoms with Crippen molar-refractivity contribution in [1.82, 2.24) is 5.32 Å². The van der Waals surface area contributed by atoms with Gasteiger partial charge in [0.1, 0.15) is 0 Å². The molecule has 1 aliphatic carbocycles. The number of thioether (sulfide) groups is 1. The Kier molecular flexibility index (Phi) is 6.09. The van der Waals surface area contributed by atoms with Crippen LogP contribution in [0.1, 0.15) is 44.1 Å². The van der Waals surface area contributed by atoms with E-state index in [0.717, 1.165) is 12.6 Å². The molecule has 18 heavy (non-hydrogen) atoms. The van der Waals surface area contributed by atoms with Gasteiger partial charge in [0.25, 0.3) is 0 Å². The summed E-state index contributed by atoms with van der Waals surface area (Å²) in [6.45, 7) is 3.34. The van der Waals surface area contributed by atoms with Crippen molar-refractivity contribution in [2.24, 2.45) is 0 Å². The van der Waals surface area contributed by atoms with Crippen molar-refractivity contribution >= 4 is 11.8 Å². The molecular weight excluding hydrogens is 238 g/mol. The van der Waals surface area contributed by atoms with Crippen molar-refractivity contribution in [3.05, 3.63) is 29.8 Å². The predicted octanol–water partition coefficient (Wildman–Crippen LogP) is 4.40. The summed E-state index contributed by atoms with van der Waals surface area (Å²) in [5, 5.41) is 3.73. The molecule has 2 heteroatoms. The van der Waals surface area contributed by atoms with Gasteiger partial charge >= 0.3 is 0 Å². The summed E-state index contributed by atoms with van der Waals surface area (Å²) in [6, 6.07) is 9.45. The molecule has 1 saturated carbocycles. The van der Waals surface area contributed by atoms with E-state index in [-0.39, 0.29) is 0 Å². The van der Waals surface area contributed by atoms with Crippen LogP contribution in [-0.2, 0) is 0 Å². The van der Waals surface area contributed by atoms with E-state index in [1.54, 1.807) is 0 Å². The topological polar surface area (TPSA) is 12.0 Å². The second kappa shape index (κ2) is 7.85. The van der Waals surface area contributed by atoms with E-state index in [9.17, 15) is 0 Å². The maximum Gasteiger partial charge on any atom is 0.0106 e. The van der Waals surface area contributed by atoms with Crippen molar-refractivity contribution in [2.75, 3.05) is 12.3 Å². The highest BCUT2D eigenvalue weighted by Gasteiger charge is 2.10. The zero-order chi connectivity index (χ0) is 12.6. The average molecular weight is 263 g/mol. The fourth-order valence-electron chi connectivity index (χ4n) is 2.63. The van der Waals surface area contributed by atoms with Crippen molar-refractivity contribution in [3.8, 4) is 0 Å². The molecule has 1 aliphatic rings. The lowest BCUT2D eigenvalue weighted by molar-refractivity contribution is 0.474. The molecule has 0 aromatic heterocycles. The normalized spacial score (nSPS) is 17.6. The average Bonchev–Trinajstić information content (AvgIpc) is 2.65. The molecule has 1 N–H and O–H groups in total. The molecule has 0 unspecified atom stereocenters. The lowest BCUT2D eigenvalue weighted by atomic mass is 10.1. The van der Waals surface area contributed by atoms with E-state index in [2.05, 4.69) is 36.5 Å². The molecule has 0 heterocycles. The van der Waals surface area contributed by atoms with Crippen LogP contribution < -0.4 is 5.32 Å². The number of nitrogens with one attached hydrogen (secondary N) is 1. The summed E-state index contributed by atoms with van der Waals surface area (Å²) < 4.78 is 0. The van der Waals surface area contributed by atoms with E-state index < -0.39 is 0 Å². The molecule has 0 aliphatic heterocycles. The highest BCUT2D eigenvalue weighted by Crippen LogP contribution is 2.21. The molecule has 0 radical (unpaired) electrons. The maximum atomic E-state index is 3.73. The quantitative estimate of drug-likeness (QED) is 0.480. The van der Waals surface area contributed by atoms with Crippen molar-refractivity contribution in [1.29, 1.82) is 0 Å². The zero-order valence-electron chi connectivity index (χ0n) is 11.5. The van der Waals surface area contributed by atoms with Gasteiger partial charge in [-0.2, -0.15) is 0 Å². The molecule has 0 bridgehead atoms. The largest absolute Gasteiger partial charge is 0.313 e. The number of aryl methyl sites for hydroxylation is 1. The first-order valence-corrected chi connectivity index (χ1v) is 8.26. The van der Waals surface area contributed by atoms with E-state index in [1.165, 1.54) is 54.7 Å². The van der Waals surface area contributed by atoms with Gasteiger partial charge in [0.05, 0.1) is 0 Å². The predicted molar refractivity (Wildman–Crippen MR) is 81.4 cm³/mol. The van der Waals surface area contributed by atoms with E-state index in [0.29, 0.717) is 0 Å². The highest BCUT2D eigenvalue weighted by molar-refractivity contribution is 7.99. The SMILES string of the molecule is Cc1ccccc1SCCNC1CCCCCC1. The van der Waals surface area contributed by atoms with E-state index in [4.69, 9.17) is 0 Å². The van der Waals surface area contributed by atoms with Crippen LogP contribution >= 0.6 is 11.8 Å². The third-order valence-electron chi connectivity index (χ3n) is 3.74. The Morgan fingerprint density at radius 3 is 2.56 bits per heavy atom. The third-order valence-corrected chi connectivity index (χ3v) is 4.92. The number of hydrogen-bond donors (Lipinski definition) is 1. The van der Waals surface area contributed by atoms with Crippen LogP contribution in [0.2, 0.25) is 0 Å². The fourth-order valence-corrected chi connectivity index (χ4v) is 3.54. The summed E-state index contributed by atoms with van der Waals surface area (Å²) in [5.41, 5.74) is 1.40. The van der Waals surface area contributed by atoms with Gasteiger partial charge in [-0.05, 0) is 31.4 Å². The Hall–Kier alpha value is -0.470. The smallest absolute Gasteiger partial charge is 0.0106 e. The minimum absolute atomic E-state index is 0.782. The minimum Gasteiger partial charge on any atom is -0.313 e. The summed E-state index contributed by atoms with van der Waals surface area (Å²) in [6.07, 6.45) is 8.49.